The normalized spacial score (nSPS) is 12.5. The Hall–Kier alpha value is -4.31. The molecule has 0 fully saturated rings. The van der Waals surface area contributed by atoms with Crippen molar-refractivity contribution in [1.29, 1.82) is 5.26 Å². The van der Waals surface area contributed by atoms with Crippen molar-refractivity contribution in [3.63, 3.8) is 0 Å². The van der Waals surface area contributed by atoms with Crippen molar-refractivity contribution >= 4 is 6.21 Å². The van der Waals surface area contributed by atoms with E-state index in [0.717, 1.165) is 28.5 Å². The van der Waals surface area contributed by atoms with E-state index in [-0.39, 0.29) is 11.4 Å². The zero-order valence-corrected chi connectivity index (χ0v) is 16.9. The molecule has 156 valence electrons. The third-order valence-electron chi connectivity index (χ3n) is 5.38. The molecule has 0 bridgehead atoms. The fraction of sp³-hybridized carbons (Fsp3) is 0.0800. The lowest BCUT2D eigenvalue weighted by Crippen LogP contribution is -2.21. The summed E-state index contributed by atoms with van der Waals surface area (Å²) in [5, 5.41) is 15.6. The van der Waals surface area contributed by atoms with Crippen LogP contribution in [0.3, 0.4) is 0 Å². The van der Waals surface area contributed by atoms with E-state index in [2.05, 4.69) is 21.1 Å². The number of aromatic nitrogens is 2. The second-order valence-electron chi connectivity index (χ2n) is 7.47. The predicted molar refractivity (Wildman–Crippen MR) is 117 cm³/mol. The fourth-order valence-electron chi connectivity index (χ4n) is 3.75. The van der Waals surface area contributed by atoms with Crippen LogP contribution in [0.15, 0.2) is 71.8 Å². The number of hydrogen-bond acceptors (Lipinski definition) is 4. The van der Waals surface area contributed by atoms with Gasteiger partial charge in [0.15, 0.2) is 11.6 Å². The van der Waals surface area contributed by atoms with E-state index in [9.17, 15) is 14.0 Å². The quantitative estimate of drug-likeness (QED) is 0.486. The van der Waals surface area contributed by atoms with Crippen molar-refractivity contribution in [3.8, 4) is 28.6 Å². The summed E-state index contributed by atoms with van der Waals surface area (Å²) < 4.78 is 27.7. The molecule has 0 spiro atoms. The Morgan fingerprint density at radius 3 is 2.56 bits per heavy atom. The average Bonchev–Trinajstić information content (AvgIpc) is 3.24. The highest BCUT2D eigenvalue weighted by molar-refractivity contribution is 5.80. The van der Waals surface area contributed by atoms with E-state index in [4.69, 9.17) is 0 Å². The lowest BCUT2D eigenvalue weighted by molar-refractivity contribution is 0.265. The first-order chi connectivity index (χ1) is 15.6. The molecule has 3 aromatic carbocycles. The molecule has 0 radical (unpaired) electrons. The maximum Gasteiger partial charge on any atom is 0.169 e. The first kappa shape index (κ1) is 19.6. The number of nitrogens with one attached hydrogen (secondary N) is 1. The van der Waals surface area contributed by atoms with Crippen molar-refractivity contribution in [2.75, 3.05) is 0 Å². The van der Waals surface area contributed by atoms with Gasteiger partial charge in [0, 0.05) is 0 Å². The molecule has 0 atom stereocenters. The van der Waals surface area contributed by atoms with Gasteiger partial charge < -0.3 is 4.98 Å². The fourth-order valence-corrected chi connectivity index (χ4v) is 3.75. The molecule has 5 nitrogen and oxygen atoms in total. The number of aromatic amines is 1. The molecule has 1 N–H and O–H groups in total. The summed E-state index contributed by atoms with van der Waals surface area (Å²) in [6.45, 7) is 1.00. The minimum absolute atomic E-state index is 0.0904. The van der Waals surface area contributed by atoms with Gasteiger partial charge in [-0.25, -0.2) is 13.8 Å². The van der Waals surface area contributed by atoms with E-state index in [1.807, 2.05) is 47.5 Å². The summed E-state index contributed by atoms with van der Waals surface area (Å²) in [6.07, 6.45) is 1.64. The summed E-state index contributed by atoms with van der Waals surface area (Å²) >= 11 is 0. The number of imidazole rings is 1. The number of hydrogen-bond donors (Lipinski definition) is 1. The molecular weight excluding hydrogens is 408 g/mol. The SMILES string of the molecule is N#Cc1ccccc1-c1ccc(CN2Cc3nc(-c4cccc(F)c4F)[nH]c3C=N2)cc1. The van der Waals surface area contributed by atoms with Gasteiger partial charge in [0.1, 0.15) is 5.82 Å². The Morgan fingerprint density at radius 2 is 1.75 bits per heavy atom. The Morgan fingerprint density at radius 1 is 0.969 bits per heavy atom. The van der Waals surface area contributed by atoms with Crippen LogP contribution in [-0.2, 0) is 13.1 Å². The number of nitriles is 1. The molecule has 1 aliphatic heterocycles. The molecule has 0 aliphatic carbocycles. The number of fused-ring (bicyclic) bond motifs is 1. The smallest absolute Gasteiger partial charge is 0.169 e. The Labute approximate surface area is 183 Å². The molecule has 0 unspecified atom stereocenters. The zero-order chi connectivity index (χ0) is 22.1. The molecule has 2 heterocycles. The average molecular weight is 425 g/mol. The first-order valence-electron chi connectivity index (χ1n) is 10.0. The maximum absolute atomic E-state index is 14.1. The minimum Gasteiger partial charge on any atom is -0.337 e. The third-order valence-corrected chi connectivity index (χ3v) is 5.38. The first-order valence-corrected chi connectivity index (χ1v) is 10.0. The van der Waals surface area contributed by atoms with Crippen LogP contribution < -0.4 is 0 Å². The molecule has 4 aromatic rings. The van der Waals surface area contributed by atoms with Gasteiger partial charge in [-0.2, -0.15) is 10.4 Å². The maximum atomic E-state index is 14.1. The molecule has 7 heteroatoms. The number of hydrazone groups is 1. The molecule has 1 aromatic heterocycles. The van der Waals surface area contributed by atoms with Gasteiger partial charge in [-0.1, -0.05) is 48.5 Å². The summed E-state index contributed by atoms with van der Waals surface area (Å²) in [5.74, 6) is -1.56. The van der Waals surface area contributed by atoms with Crippen molar-refractivity contribution in [3.05, 3.63) is 101 Å². The van der Waals surface area contributed by atoms with Crippen LogP contribution in [0.1, 0.15) is 22.5 Å². The van der Waals surface area contributed by atoms with Gasteiger partial charge in [-0.3, -0.25) is 5.01 Å². The van der Waals surface area contributed by atoms with Crippen molar-refractivity contribution in [2.24, 2.45) is 5.10 Å². The highest BCUT2D eigenvalue weighted by atomic mass is 19.2. The van der Waals surface area contributed by atoms with Gasteiger partial charge in [-0.05, 0) is 34.9 Å². The van der Waals surface area contributed by atoms with Gasteiger partial charge in [0.25, 0.3) is 0 Å². The highest BCUT2D eigenvalue weighted by Gasteiger charge is 2.20. The van der Waals surface area contributed by atoms with E-state index in [1.165, 1.54) is 12.1 Å². The topological polar surface area (TPSA) is 68.1 Å². The second kappa shape index (κ2) is 8.08. The molecule has 1 aliphatic rings. The van der Waals surface area contributed by atoms with Crippen LogP contribution in [-0.4, -0.2) is 21.2 Å². The zero-order valence-electron chi connectivity index (χ0n) is 16.9. The molecule has 0 saturated heterocycles. The number of H-pyrrole nitrogens is 1. The van der Waals surface area contributed by atoms with E-state index >= 15 is 0 Å². The van der Waals surface area contributed by atoms with Crippen LogP contribution in [0, 0.1) is 23.0 Å². The van der Waals surface area contributed by atoms with Gasteiger partial charge in [0.2, 0.25) is 0 Å². The number of rotatable bonds is 4. The van der Waals surface area contributed by atoms with Crippen LogP contribution in [0.4, 0.5) is 8.78 Å². The largest absolute Gasteiger partial charge is 0.337 e. The lowest BCUT2D eigenvalue weighted by Gasteiger charge is -2.21. The Balaban J connectivity index is 1.32. The van der Waals surface area contributed by atoms with Crippen LogP contribution in [0.2, 0.25) is 0 Å². The molecule has 32 heavy (non-hydrogen) atoms. The molecule has 5 rings (SSSR count). The molecular formula is C25H17F2N5. The van der Waals surface area contributed by atoms with E-state index in [0.29, 0.717) is 24.3 Å². The third kappa shape index (κ3) is 3.63. The van der Waals surface area contributed by atoms with E-state index < -0.39 is 11.6 Å². The Bertz CT molecular complexity index is 1370. The lowest BCUT2D eigenvalue weighted by atomic mass is 9.99. The Kier molecular flexibility index (Phi) is 4.96. The molecule has 0 amide bonds. The van der Waals surface area contributed by atoms with Gasteiger partial charge >= 0.3 is 0 Å². The standard InChI is InChI=1S/C25H17F2N5/c26-21-7-3-6-20(24(21)27)25-30-22-13-29-32(15-23(22)31-25)14-16-8-10-17(11-9-16)19-5-2-1-4-18(19)12-28/h1-11,13H,14-15H2,(H,30,31). The van der Waals surface area contributed by atoms with Crippen LogP contribution in [0.25, 0.3) is 22.5 Å². The number of nitrogens with zero attached hydrogens (tertiary/aromatic N) is 4. The molecule has 0 saturated carbocycles. The van der Waals surface area contributed by atoms with E-state index in [1.54, 1.807) is 12.3 Å². The van der Waals surface area contributed by atoms with Crippen LogP contribution >= 0.6 is 0 Å². The number of halogens is 2. The van der Waals surface area contributed by atoms with Crippen LogP contribution in [0.5, 0.6) is 0 Å². The van der Waals surface area contributed by atoms with Crippen molar-refractivity contribution in [1.82, 2.24) is 15.0 Å². The van der Waals surface area contributed by atoms with Gasteiger partial charge in [-0.15, -0.1) is 0 Å². The summed E-state index contributed by atoms with van der Waals surface area (Å²) in [7, 11) is 0. The van der Waals surface area contributed by atoms with Gasteiger partial charge in [0.05, 0.1) is 47.9 Å². The second-order valence-corrected chi connectivity index (χ2v) is 7.47. The number of benzene rings is 3. The summed E-state index contributed by atoms with van der Waals surface area (Å²) in [6, 6.07) is 21.7. The van der Waals surface area contributed by atoms with Crippen molar-refractivity contribution < 1.29 is 8.78 Å². The highest BCUT2D eigenvalue weighted by Crippen LogP contribution is 2.26. The summed E-state index contributed by atoms with van der Waals surface area (Å²) in [5.41, 5.74) is 5.06. The monoisotopic (exact) mass is 425 g/mol. The minimum atomic E-state index is -0.926. The summed E-state index contributed by atoms with van der Waals surface area (Å²) in [4.78, 5) is 7.48. The van der Waals surface area contributed by atoms with Crippen molar-refractivity contribution in [2.45, 2.75) is 13.1 Å². The predicted octanol–water partition coefficient (Wildman–Crippen LogP) is 5.24.